The van der Waals surface area contributed by atoms with Crippen LogP contribution in [0.2, 0.25) is 5.02 Å². The van der Waals surface area contributed by atoms with Crippen molar-refractivity contribution in [3.8, 4) is 23.0 Å². The van der Waals surface area contributed by atoms with Gasteiger partial charge in [0.05, 0.1) is 17.6 Å². The normalized spacial score (nSPS) is 11.3. The van der Waals surface area contributed by atoms with Crippen LogP contribution in [0.4, 0.5) is 13.2 Å². The van der Waals surface area contributed by atoms with Crippen LogP contribution in [-0.4, -0.2) is 12.6 Å². The second-order valence-corrected chi connectivity index (χ2v) is 7.56. The monoisotopic (exact) mass is 504 g/mol. The van der Waals surface area contributed by atoms with Gasteiger partial charge in [0.2, 0.25) is 11.2 Å². The molecule has 0 spiro atoms. The Bertz CT molecular complexity index is 1440. The Hall–Kier alpha value is -3.98. The predicted octanol–water partition coefficient (Wildman–Crippen LogP) is 6.88. The Balaban J connectivity index is 1.75. The van der Waals surface area contributed by atoms with E-state index in [4.69, 9.17) is 30.2 Å². The van der Waals surface area contributed by atoms with E-state index in [1.54, 1.807) is 13.0 Å². The molecule has 0 aliphatic heterocycles. The third kappa shape index (κ3) is 5.25. The molecule has 4 rings (SSSR count). The maximum atomic E-state index is 13.8. The predicted molar refractivity (Wildman–Crippen MR) is 122 cm³/mol. The molecule has 4 aromatic rings. The van der Waals surface area contributed by atoms with Gasteiger partial charge in [0.1, 0.15) is 11.3 Å². The van der Waals surface area contributed by atoms with Crippen molar-refractivity contribution in [2.75, 3.05) is 6.61 Å². The topological polar surface area (TPSA) is 75.0 Å². The van der Waals surface area contributed by atoms with Gasteiger partial charge in [0.25, 0.3) is 5.76 Å². The van der Waals surface area contributed by atoms with E-state index in [0.717, 1.165) is 6.07 Å². The van der Waals surface area contributed by atoms with Crippen LogP contribution in [0.15, 0.2) is 75.9 Å². The van der Waals surface area contributed by atoms with Gasteiger partial charge in [0, 0.05) is 11.1 Å². The summed E-state index contributed by atoms with van der Waals surface area (Å²) in [6.07, 6.45) is -5.06. The van der Waals surface area contributed by atoms with Crippen LogP contribution in [0.5, 0.6) is 23.0 Å². The SMILES string of the molecule is CCOc1ccccc1Oc1c(C(F)(F)F)oc2cc(OC(=O)c3ccc(Cl)cc3)ccc2c1=O. The molecule has 6 nitrogen and oxygen atoms in total. The molecular weight excluding hydrogens is 489 g/mol. The minimum atomic E-state index is -5.06. The standard InChI is InChI=1S/C25H16ClF3O6/c1-2-32-18-5-3-4-6-19(18)34-22-21(30)17-12-11-16(13-20(17)35-23(22)25(27,28)29)33-24(31)14-7-9-15(26)10-8-14/h3-13H,2H2,1H3. The first kappa shape index (κ1) is 24.2. The summed E-state index contributed by atoms with van der Waals surface area (Å²) in [6, 6.07) is 15.3. The van der Waals surface area contributed by atoms with Crippen LogP contribution < -0.4 is 19.6 Å². The van der Waals surface area contributed by atoms with E-state index in [9.17, 15) is 22.8 Å². The van der Waals surface area contributed by atoms with Crippen LogP contribution >= 0.6 is 11.6 Å². The lowest BCUT2D eigenvalue weighted by molar-refractivity contribution is -0.154. The van der Waals surface area contributed by atoms with Gasteiger partial charge < -0.3 is 18.6 Å². The van der Waals surface area contributed by atoms with Crippen LogP contribution in [0.25, 0.3) is 11.0 Å². The molecule has 0 bridgehead atoms. The van der Waals surface area contributed by atoms with E-state index in [0.29, 0.717) is 5.02 Å². The maximum absolute atomic E-state index is 13.8. The average molecular weight is 505 g/mol. The molecule has 0 aliphatic rings. The Morgan fingerprint density at radius 2 is 1.69 bits per heavy atom. The molecule has 0 fully saturated rings. The molecule has 0 N–H and O–H groups in total. The Labute approximate surface area is 201 Å². The van der Waals surface area contributed by atoms with Crippen molar-refractivity contribution in [1.82, 2.24) is 0 Å². The highest BCUT2D eigenvalue weighted by atomic mass is 35.5. The zero-order valence-corrected chi connectivity index (χ0v) is 18.8. The van der Waals surface area contributed by atoms with Crippen molar-refractivity contribution < 1.29 is 36.6 Å². The molecular formula is C25H16ClF3O6. The highest BCUT2D eigenvalue weighted by Gasteiger charge is 2.40. The second-order valence-electron chi connectivity index (χ2n) is 7.12. The first-order chi connectivity index (χ1) is 16.7. The molecule has 3 aromatic carbocycles. The summed E-state index contributed by atoms with van der Waals surface area (Å²) in [7, 11) is 0. The van der Waals surface area contributed by atoms with Gasteiger partial charge in [-0.25, -0.2) is 4.79 Å². The van der Waals surface area contributed by atoms with Crippen LogP contribution in [0, 0.1) is 0 Å². The van der Waals surface area contributed by atoms with E-state index < -0.39 is 34.7 Å². The average Bonchev–Trinajstić information content (AvgIpc) is 2.81. The first-order valence-electron chi connectivity index (χ1n) is 10.2. The number of rotatable bonds is 6. The largest absolute Gasteiger partial charge is 0.490 e. The molecule has 0 unspecified atom stereocenters. The molecule has 0 saturated carbocycles. The lowest BCUT2D eigenvalue weighted by Crippen LogP contribution is -2.16. The number of halogens is 4. The van der Waals surface area contributed by atoms with Gasteiger partial charge in [-0.05, 0) is 55.5 Å². The van der Waals surface area contributed by atoms with Gasteiger partial charge in [-0.15, -0.1) is 0 Å². The molecule has 180 valence electrons. The summed E-state index contributed by atoms with van der Waals surface area (Å²) in [4.78, 5) is 25.3. The van der Waals surface area contributed by atoms with Gasteiger partial charge in [-0.3, -0.25) is 4.79 Å². The lowest BCUT2D eigenvalue weighted by Gasteiger charge is -2.15. The number of hydrogen-bond acceptors (Lipinski definition) is 6. The molecule has 0 atom stereocenters. The van der Waals surface area contributed by atoms with E-state index >= 15 is 0 Å². The zero-order valence-electron chi connectivity index (χ0n) is 18.0. The first-order valence-corrected chi connectivity index (χ1v) is 10.6. The van der Waals surface area contributed by atoms with Crippen LogP contribution in [-0.2, 0) is 6.18 Å². The fraction of sp³-hybridized carbons (Fsp3) is 0.120. The Morgan fingerprint density at radius 3 is 2.34 bits per heavy atom. The van der Waals surface area contributed by atoms with Crippen molar-refractivity contribution in [1.29, 1.82) is 0 Å². The van der Waals surface area contributed by atoms with Crippen LogP contribution in [0.3, 0.4) is 0 Å². The summed E-state index contributed by atoms with van der Waals surface area (Å²) in [5, 5.41) is 0.212. The van der Waals surface area contributed by atoms with E-state index in [1.165, 1.54) is 54.6 Å². The van der Waals surface area contributed by atoms with E-state index in [2.05, 4.69) is 0 Å². The summed E-state index contributed by atoms with van der Waals surface area (Å²) in [6.45, 7) is 1.93. The third-order valence-corrected chi connectivity index (χ3v) is 4.98. The van der Waals surface area contributed by atoms with Gasteiger partial charge in [-0.2, -0.15) is 13.2 Å². The van der Waals surface area contributed by atoms with Crippen molar-refractivity contribution in [2.24, 2.45) is 0 Å². The summed E-state index contributed by atoms with van der Waals surface area (Å²) >= 11 is 5.79. The van der Waals surface area contributed by atoms with Crippen LogP contribution in [0.1, 0.15) is 23.0 Å². The summed E-state index contributed by atoms with van der Waals surface area (Å²) < 4.78 is 62.5. The van der Waals surface area contributed by atoms with Crippen molar-refractivity contribution >= 4 is 28.5 Å². The smallest absolute Gasteiger partial charge is 0.453 e. The molecule has 1 heterocycles. The maximum Gasteiger partial charge on any atom is 0.453 e. The van der Waals surface area contributed by atoms with Crippen molar-refractivity contribution in [3.05, 3.63) is 93.3 Å². The number of para-hydroxylation sites is 2. The van der Waals surface area contributed by atoms with Crippen molar-refractivity contribution in [3.63, 3.8) is 0 Å². The number of esters is 1. The lowest BCUT2D eigenvalue weighted by atomic mass is 10.2. The number of hydrogen-bond donors (Lipinski definition) is 0. The van der Waals surface area contributed by atoms with E-state index in [1.807, 2.05) is 0 Å². The zero-order chi connectivity index (χ0) is 25.2. The van der Waals surface area contributed by atoms with Gasteiger partial charge >= 0.3 is 12.1 Å². The molecule has 1 aromatic heterocycles. The van der Waals surface area contributed by atoms with E-state index in [-0.39, 0.29) is 34.8 Å². The number of carbonyl (C=O) groups is 1. The molecule has 0 saturated heterocycles. The Morgan fingerprint density at radius 1 is 1.00 bits per heavy atom. The fourth-order valence-electron chi connectivity index (χ4n) is 3.17. The number of fused-ring (bicyclic) bond motifs is 1. The molecule has 0 aliphatic carbocycles. The minimum Gasteiger partial charge on any atom is -0.490 e. The van der Waals surface area contributed by atoms with Gasteiger partial charge in [0.15, 0.2) is 11.5 Å². The second kappa shape index (κ2) is 9.71. The summed E-state index contributed by atoms with van der Waals surface area (Å²) in [5.74, 6) is -3.49. The minimum absolute atomic E-state index is 0.0833. The Kier molecular flexibility index (Phi) is 6.70. The fourth-order valence-corrected chi connectivity index (χ4v) is 3.30. The van der Waals surface area contributed by atoms with Crippen molar-refractivity contribution in [2.45, 2.75) is 13.1 Å². The summed E-state index contributed by atoms with van der Waals surface area (Å²) in [5.41, 5.74) is -1.32. The number of carbonyl (C=O) groups excluding carboxylic acids is 1. The molecule has 0 amide bonds. The number of ether oxygens (including phenoxy) is 3. The number of benzene rings is 3. The number of alkyl halides is 3. The van der Waals surface area contributed by atoms with Gasteiger partial charge in [-0.1, -0.05) is 23.7 Å². The molecule has 0 radical (unpaired) electrons. The molecule has 35 heavy (non-hydrogen) atoms. The highest BCUT2D eigenvalue weighted by molar-refractivity contribution is 6.30. The quantitative estimate of drug-likeness (QED) is 0.210. The molecule has 10 heteroatoms. The highest BCUT2D eigenvalue weighted by Crippen LogP contribution is 2.40. The third-order valence-electron chi connectivity index (χ3n) is 4.73.